The Labute approximate surface area is 138 Å². The standard InChI is InChI=1S/C17H13Cl2NO2/c1-21-11-5-3-10(4-6-11)15-16(18)13-8-7-12(22-2)9-14(13)20-17(15)19/h3-9H,1-2H3. The molecule has 3 nitrogen and oxygen atoms in total. The third-order valence-electron chi connectivity index (χ3n) is 3.46. The van der Waals surface area contributed by atoms with E-state index in [0.717, 1.165) is 16.7 Å². The molecule has 0 bridgehead atoms. The molecule has 0 aliphatic rings. The van der Waals surface area contributed by atoms with Crippen molar-refractivity contribution in [3.63, 3.8) is 0 Å². The van der Waals surface area contributed by atoms with E-state index in [1.165, 1.54) is 0 Å². The van der Waals surface area contributed by atoms with Gasteiger partial charge in [0.05, 0.1) is 24.8 Å². The molecule has 0 unspecified atom stereocenters. The highest BCUT2D eigenvalue weighted by atomic mass is 35.5. The maximum Gasteiger partial charge on any atom is 0.139 e. The van der Waals surface area contributed by atoms with Gasteiger partial charge in [-0.15, -0.1) is 0 Å². The molecule has 0 aliphatic heterocycles. The number of ether oxygens (including phenoxy) is 2. The molecule has 112 valence electrons. The third-order valence-corrected chi connectivity index (χ3v) is 4.13. The summed E-state index contributed by atoms with van der Waals surface area (Å²) in [7, 11) is 3.23. The molecule has 3 rings (SSSR count). The van der Waals surface area contributed by atoms with Crippen molar-refractivity contribution in [3.05, 3.63) is 52.6 Å². The molecule has 0 saturated carbocycles. The van der Waals surface area contributed by atoms with Gasteiger partial charge in [-0.05, 0) is 29.8 Å². The summed E-state index contributed by atoms with van der Waals surface area (Å²) >= 11 is 12.9. The SMILES string of the molecule is COc1ccc(-c2c(Cl)nc3cc(OC)ccc3c2Cl)cc1. The fraction of sp³-hybridized carbons (Fsp3) is 0.118. The molecule has 0 N–H and O–H groups in total. The van der Waals surface area contributed by atoms with Crippen LogP contribution >= 0.6 is 23.2 Å². The van der Waals surface area contributed by atoms with Gasteiger partial charge in [-0.1, -0.05) is 35.3 Å². The van der Waals surface area contributed by atoms with Crippen molar-refractivity contribution in [3.8, 4) is 22.6 Å². The molecule has 0 atom stereocenters. The van der Waals surface area contributed by atoms with Gasteiger partial charge < -0.3 is 9.47 Å². The highest BCUT2D eigenvalue weighted by Crippen LogP contribution is 2.39. The molecule has 22 heavy (non-hydrogen) atoms. The zero-order chi connectivity index (χ0) is 15.7. The molecule has 1 heterocycles. The lowest BCUT2D eigenvalue weighted by molar-refractivity contribution is 0.415. The second kappa shape index (κ2) is 6.03. The number of nitrogens with zero attached hydrogens (tertiary/aromatic N) is 1. The van der Waals surface area contributed by atoms with Gasteiger partial charge in [0.25, 0.3) is 0 Å². The molecule has 0 spiro atoms. The van der Waals surface area contributed by atoms with Gasteiger partial charge >= 0.3 is 0 Å². The fourth-order valence-corrected chi connectivity index (χ4v) is 3.01. The highest BCUT2D eigenvalue weighted by Gasteiger charge is 2.15. The van der Waals surface area contributed by atoms with Crippen molar-refractivity contribution in [2.45, 2.75) is 0 Å². The van der Waals surface area contributed by atoms with E-state index in [1.54, 1.807) is 14.2 Å². The summed E-state index contributed by atoms with van der Waals surface area (Å²) < 4.78 is 10.4. The van der Waals surface area contributed by atoms with Gasteiger partial charge in [-0.25, -0.2) is 4.98 Å². The first-order valence-corrected chi connectivity index (χ1v) is 7.37. The minimum Gasteiger partial charge on any atom is -0.497 e. The van der Waals surface area contributed by atoms with Crippen LogP contribution in [0.3, 0.4) is 0 Å². The molecule has 2 aromatic carbocycles. The Kier molecular flexibility index (Phi) is 4.10. The van der Waals surface area contributed by atoms with Crippen molar-refractivity contribution in [1.29, 1.82) is 0 Å². The largest absolute Gasteiger partial charge is 0.497 e. The number of halogens is 2. The first kappa shape index (κ1) is 14.9. The Morgan fingerprint density at radius 1 is 0.864 bits per heavy atom. The average Bonchev–Trinajstić information content (AvgIpc) is 2.55. The number of rotatable bonds is 3. The van der Waals surface area contributed by atoms with Crippen LogP contribution in [-0.2, 0) is 0 Å². The molecule has 1 aromatic heterocycles. The summed E-state index contributed by atoms with van der Waals surface area (Å²) in [5.41, 5.74) is 2.30. The lowest BCUT2D eigenvalue weighted by Crippen LogP contribution is -1.91. The number of hydrogen-bond acceptors (Lipinski definition) is 3. The van der Waals surface area contributed by atoms with Crippen molar-refractivity contribution in [2.24, 2.45) is 0 Å². The Balaban J connectivity index is 2.20. The predicted molar refractivity (Wildman–Crippen MR) is 90.3 cm³/mol. The number of pyridine rings is 1. The van der Waals surface area contributed by atoms with Crippen LogP contribution in [0.4, 0.5) is 0 Å². The van der Waals surface area contributed by atoms with E-state index in [9.17, 15) is 0 Å². The summed E-state index contributed by atoms with van der Waals surface area (Å²) in [5.74, 6) is 1.49. The van der Waals surface area contributed by atoms with Crippen LogP contribution < -0.4 is 9.47 Å². The van der Waals surface area contributed by atoms with Crippen molar-refractivity contribution >= 4 is 34.1 Å². The van der Waals surface area contributed by atoms with Gasteiger partial charge in [-0.2, -0.15) is 0 Å². The first-order valence-electron chi connectivity index (χ1n) is 6.61. The number of methoxy groups -OCH3 is 2. The number of aromatic nitrogens is 1. The Morgan fingerprint density at radius 3 is 2.14 bits per heavy atom. The number of fused-ring (bicyclic) bond motifs is 1. The van der Waals surface area contributed by atoms with Crippen LogP contribution in [0.1, 0.15) is 0 Å². The van der Waals surface area contributed by atoms with Crippen LogP contribution in [0.2, 0.25) is 10.2 Å². The fourth-order valence-electron chi connectivity index (χ4n) is 2.31. The van der Waals surface area contributed by atoms with Gasteiger partial charge in [-0.3, -0.25) is 0 Å². The minimum atomic E-state index is 0.357. The quantitative estimate of drug-likeness (QED) is 0.615. The Morgan fingerprint density at radius 2 is 1.50 bits per heavy atom. The van der Waals surface area contributed by atoms with E-state index >= 15 is 0 Å². The average molecular weight is 334 g/mol. The van der Waals surface area contributed by atoms with Crippen molar-refractivity contribution in [1.82, 2.24) is 4.98 Å². The molecule has 0 fully saturated rings. The summed E-state index contributed by atoms with van der Waals surface area (Å²) in [6.45, 7) is 0. The van der Waals surface area contributed by atoms with Crippen molar-refractivity contribution in [2.75, 3.05) is 14.2 Å². The Hall–Kier alpha value is -1.97. The normalized spacial score (nSPS) is 10.7. The van der Waals surface area contributed by atoms with E-state index in [2.05, 4.69) is 4.98 Å². The highest BCUT2D eigenvalue weighted by molar-refractivity contribution is 6.42. The van der Waals surface area contributed by atoms with Crippen LogP contribution in [0.15, 0.2) is 42.5 Å². The summed E-state index contributed by atoms with van der Waals surface area (Å²) in [5, 5.41) is 1.76. The second-order valence-electron chi connectivity index (χ2n) is 4.70. The topological polar surface area (TPSA) is 31.4 Å². The molecular formula is C17H13Cl2NO2. The zero-order valence-electron chi connectivity index (χ0n) is 12.1. The van der Waals surface area contributed by atoms with E-state index in [4.69, 9.17) is 32.7 Å². The van der Waals surface area contributed by atoms with E-state index < -0.39 is 0 Å². The monoisotopic (exact) mass is 333 g/mol. The Bertz CT molecular complexity index is 832. The van der Waals surface area contributed by atoms with Crippen LogP contribution in [-0.4, -0.2) is 19.2 Å². The molecule has 3 aromatic rings. The summed E-state index contributed by atoms with van der Waals surface area (Å²) in [4.78, 5) is 4.43. The van der Waals surface area contributed by atoms with Crippen LogP contribution in [0.5, 0.6) is 11.5 Å². The summed E-state index contributed by atoms with van der Waals surface area (Å²) in [6.07, 6.45) is 0. The maximum atomic E-state index is 6.55. The number of hydrogen-bond donors (Lipinski definition) is 0. The van der Waals surface area contributed by atoms with Crippen LogP contribution in [0, 0.1) is 0 Å². The maximum absolute atomic E-state index is 6.55. The lowest BCUT2D eigenvalue weighted by Gasteiger charge is -2.11. The lowest BCUT2D eigenvalue weighted by atomic mass is 10.0. The van der Waals surface area contributed by atoms with Gasteiger partial charge in [0.1, 0.15) is 16.7 Å². The summed E-state index contributed by atoms with van der Waals surface area (Å²) in [6, 6.07) is 13.1. The first-order chi connectivity index (χ1) is 10.6. The predicted octanol–water partition coefficient (Wildman–Crippen LogP) is 5.23. The smallest absolute Gasteiger partial charge is 0.139 e. The number of benzene rings is 2. The molecule has 0 amide bonds. The third kappa shape index (κ3) is 2.58. The van der Waals surface area contributed by atoms with E-state index in [-0.39, 0.29) is 0 Å². The van der Waals surface area contributed by atoms with Crippen molar-refractivity contribution < 1.29 is 9.47 Å². The molecule has 0 radical (unpaired) electrons. The van der Waals surface area contributed by atoms with Crippen LogP contribution in [0.25, 0.3) is 22.0 Å². The van der Waals surface area contributed by atoms with Gasteiger partial charge in [0.15, 0.2) is 0 Å². The molecular weight excluding hydrogens is 321 g/mol. The van der Waals surface area contributed by atoms with Gasteiger partial charge in [0.2, 0.25) is 0 Å². The molecule has 0 saturated heterocycles. The zero-order valence-corrected chi connectivity index (χ0v) is 13.6. The van der Waals surface area contributed by atoms with E-state index in [1.807, 2.05) is 42.5 Å². The second-order valence-corrected chi connectivity index (χ2v) is 5.44. The molecule has 5 heteroatoms. The minimum absolute atomic E-state index is 0.357. The van der Waals surface area contributed by atoms with E-state index in [0.29, 0.717) is 27.0 Å². The molecule has 0 aliphatic carbocycles. The van der Waals surface area contributed by atoms with Gasteiger partial charge in [0, 0.05) is 17.0 Å².